The Labute approximate surface area is 108 Å². The van der Waals surface area contributed by atoms with E-state index in [1.807, 2.05) is 43.3 Å². The SMILES string of the molecule is C=CN=C/C(=C\Cc1ccccc1)C(=O)NCC. The molecule has 0 radical (unpaired) electrons. The lowest BCUT2D eigenvalue weighted by atomic mass is 10.1. The Hall–Kier alpha value is -2.16. The van der Waals surface area contributed by atoms with Crippen molar-refractivity contribution in [3.05, 3.63) is 60.3 Å². The van der Waals surface area contributed by atoms with Gasteiger partial charge in [0.15, 0.2) is 0 Å². The highest BCUT2D eigenvalue weighted by molar-refractivity contribution is 6.12. The molecule has 0 aliphatic rings. The average Bonchev–Trinajstić information content (AvgIpc) is 2.40. The molecule has 0 unspecified atom stereocenters. The molecule has 0 saturated carbocycles. The zero-order chi connectivity index (χ0) is 13.2. The predicted octanol–water partition coefficient (Wildman–Crippen LogP) is 2.51. The fourth-order valence-electron chi connectivity index (χ4n) is 1.44. The van der Waals surface area contributed by atoms with Gasteiger partial charge in [0.25, 0.3) is 5.91 Å². The van der Waals surface area contributed by atoms with Gasteiger partial charge in [0.1, 0.15) is 0 Å². The molecule has 1 amide bonds. The number of nitrogens with one attached hydrogen (secondary N) is 1. The molecule has 0 heterocycles. The van der Waals surface area contributed by atoms with Crippen molar-refractivity contribution in [1.82, 2.24) is 5.32 Å². The van der Waals surface area contributed by atoms with Crippen molar-refractivity contribution in [3.8, 4) is 0 Å². The zero-order valence-corrected chi connectivity index (χ0v) is 10.6. The molecule has 3 nitrogen and oxygen atoms in total. The van der Waals surface area contributed by atoms with Crippen LogP contribution in [-0.2, 0) is 11.2 Å². The minimum Gasteiger partial charge on any atom is -0.352 e. The van der Waals surface area contributed by atoms with E-state index in [0.717, 1.165) is 5.56 Å². The number of allylic oxidation sites excluding steroid dienone is 1. The lowest BCUT2D eigenvalue weighted by Crippen LogP contribution is -2.25. The van der Waals surface area contributed by atoms with E-state index >= 15 is 0 Å². The Kier molecular flexibility index (Phi) is 6.19. The van der Waals surface area contributed by atoms with Crippen LogP contribution in [0.15, 0.2) is 59.8 Å². The van der Waals surface area contributed by atoms with E-state index in [-0.39, 0.29) is 5.91 Å². The van der Waals surface area contributed by atoms with Crippen LogP contribution in [0, 0.1) is 0 Å². The van der Waals surface area contributed by atoms with E-state index in [2.05, 4.69) is 16.9 Å². The Morgan fingerprint density at radius 3 is 2.72 bits per heavy atom. The van der Waals surface area contributed by atoms with Crippen LogP contribution in [0.1, 0.15) is 12.5 Å². The first kappa shape index (κ1) is 13.9. The van der Waals surface area contributed by atoms with Crippen LogP contribution < -0.4 is 5.32 Å². The fourth-order valence-corrected chi connectivity index (χ4v) is 1.44. The van der Waals surface area contributed by atoms with Gasteiger partial charge in [-0.1, -0.05) is 43.0 Å². The maximum atomic E-state index is 11.8. The van der Waals surface area contributed by atoms with Crippen molar-refractivity contribution >= 4 is 12.1 Å². The lowest BCUT2D eigenvalue weighted by Gasteiger charge is -2.02. The lowest BCUT2D eigenvalue weighted by molar-refractivity contribution is -0.116. The van der Waals surface area contributed by atoms with E-state index in [4.69, 9.17) is 0 Å². The second-order valence-electron chi connectivity index (χ2n) is 3.67. The van der Waals surface area contributed by atoms with E-state index in [1.165, 1.54) is 12.4 Å². The van der Waals surface area contributed by atoms with Crippen LogP contribution in [0.3, 0.4) is 0 Å². The van der Waals surface area contributed by atoms with Crippen molar-refractivity contribution < 1.29 is 4.79 Å². The molecule has 0 aromatic heterocycles. The summed E-state index contributed by atoms with van der Waals surface area (Å²) in [5.41, 5.74) is 1.71. The largest absolute Gasteiger partial charge is 0.352 e. The molecule has 0 atom stereocenters. The normalized spacial score (nSPS) is 11.5. The minimum absolute atomic E-state index is 0.112. The van der Waals surface area contributed by atoms with Crippen molar-refractivity contribution in [3.63, 3.8) is 0 Å². The second-order valence-corrected chi connectivity index (χ2v) is 3.67. The van der Waals surface area contributed by atoms with Crippen LogP contribution in [0.25, 0.3) is 0 Å². The smallest absolute Gasteiger partial charge is 0.252 e. The summed E-state index contributed by atoms with van der Waals surface area (Å²) in [4.78, 5) is 15.7. The predicted molar refractivity (Wildman–Crippen MR) is 75.6 cm³/mol. The number of amides is 1. The Morgan fingerprint density at radius 2 is 2.11 bits per heavy atom. The zero-order valence-electron chi connectivity index (χ0n) is 10.6. The third kappa shape index (κ3) is 4.78. The average molecular weight is 242 g/mol. The third-order valence-corrected chi connectivity index (χ3v) is 2.32. The topological polar surface area (TPSA) is 41.5 Å². The molecule has 0 bridgehead atoms. The number of nitrogens with zero attached hydrogens (tertiary/aromatic N) is 1. The number of carbonyl (C=O) groups excluding carboxylic acids is 1. The molecule has 1 aromatic rings. The minimum atomic E-state index is -0.112. The fraction of sp³-hybridized carbons (Fsp3) is 0.200. The van der Waals surface area contributed by atoms with E-state index < -0.39 is 0 Å². The number of benzene rings is 1. The van der Waals surface area contributed by atoms with Gasteiger partial charge in [-0.25, -0.2) is 0 Å². The van der Waals surface area contributed by atoms with Gasteiger partial charge in [-0.3, -0.25) is 9.79 Å². The van der Waals surface area contributed by atoms with Gasteiger partial charge in [0.2, 0.25) is 0 Å². The highest BCUT2D eigenvalue weighted by atomic mass is 16.1. The molecule has 0 aliphatic heterocycles. The third-order valence-electron chi connectivity index (χ3n) is 2.32. The summed E-state index contributed by atoms with van der Waals surface area (Å²) < 4.78 is 0. The number of likely N-dealkylation sites (N-methyl/N-ethyl adjacent to an activating group) is 1. The number of aliphatic imine (C=N–C) groups is 1. The molecule has 0 spiro atoms. The van der Waals surface area contributed by atoms with Crippen LogP contribution in [-0.4, -0.2) is 18.7 Å². The molecule has 1 aromatic carbocycles. The molecule has 18 heavy (non-hydrogen) atoms. The number of hydrogen-bond donors (Lipinski definition) is 1. The van der Waals surface area contributed by atoms with Gasteiger partial charge >= 0.3 is 0 Å². The molecular formula is C15H18N2O. The first-order chi connectivity index (χ1) is 8.77. The van der Waals surface area contributed by atoms with Gasteiger partial charge < -0.3 is 5.32 Å². The van der Waals surface area contributed by atoms with Crippen LogP contribution in [0.4, 0.5) is 0 Å². The molecule has 0 aliphatic carbocycles. The van der Waals surface area contributed by atoms with Crippen LogP contribution in [0.2, 0.25) is 0 Å². The highest BCUT2D eigenvalue weighted by Gasteiger charge is 2.04. The quantitative estimate of drug-likeness (QED) is 0.604. The molecule has 94 valence electrons. The Morgan fingerprint density at radius 1 is 1.39 bits per heavy atom. The van der Waals surface area contributed by atoms with E-state index in [0.29, 0.717) is 18.5 Å². The summed E-state index contributed by atoms with van der Waals surface area (Å²) in [6, 6.07) is 9.98. The summed E-state index contributed by atoms with van der Waals surface area (Å²) >= 11 is 0. The van der Waals surface area contributed by atoms with Gasteiger partial charge in [-0.15, -0.1) is 0 Å². The highest BCUT2D eigenvalue weighted by Crippen LogP contribution is 2.03. The number of carbonyl (C=O) groups is 1. The van der Waals surface area contributed by atoms with Crippen LogP contribution >= 0.6 is 0 Å². The standard InChI is InChI=1S/C15H18N2O/c1-3-16-12-14(15(18)17-4-2)11-10-13-8-6-5-7-9-13/h3,5-9,11-12H,1,4,10H2,2H3,(H,17,18)/b14-11+,16-12?. The number of hydrogen-bond acceptors (Lipinski definition) is 2. The molecule has 0 fully saturated rings. The Bertz CT molecular complexity index is 447. The summed E-state index contributed by atoms with van der Waals surface area (Å²) in [5, 5.41) is 2.76. The van der Waals surface area contributed by atoms with Gasteiger partial charge in [0, 0.05) is 19.0 Å². The van der Waals surface area contributed by atoms with Crippen molar-refractivity contribution in [2.45, 2.75) is 13.3 Å². The molecule has 1 N–H and O–H groups in total. The first-order valence-electron chi connectivity index (χ1n) is 5.94. The first-order valence-corrected chi connectivity index (χ1v) is 5.94. The van der Waals surface area contributed by atoms with Crippen molar-refractivity contribution in [2.75, 3.05) is 6.54 Å². The van der Waals surface area contributed by atoms with Gasteiger partial charge in [-0.05, 0) is 18.9 Å². The second kappa shape index (κ2) is 8.01. The number of rotatable bonds is 6. The molecule has 3 heteroatoms. The van der Waals surface area contributed by atoms with E-state index in [9.17, 15) is 4.79 Å². The molecule has 0 saturated heterocycles. The van der Waals surface area contributed by atoms with Crippen molar-refractivity contribution in [2.24, 2.45) is 4.99 Å². The molecular weight excluding hydrogens is 224 g/mol. The summed E-state index contributed by atoms with van der Waals surface area (Å²) in [7, 11) is 0. The summed E-state index contributed by atoms with van der Waals surface area (Å²) in [5.74, 6) is -0.112. The van der Waals surface area contributed by atoms with Crippen LogP contribution in [0.5, 0.6) is 0 Å². The molecule has 1 rings (SSSR count). The van der Waals surface area contributed by atoms with Gasteiger partial charge in [0.05, 0.1) is 5.57 Å². The monoisotopic (exact) mass is 242 g/mol. The maximum Gasteiger partial charge on any atom is 0.252 e. The van der Waals surface area contributed by atoms with Gasteiger partial charge in [-0.2, -0.15) is 0 Å². The van der Waals surface area contributed by atoms with Crippen molar-refractivity contribution in [1.29, 1.82) is 0 Å². The maximum absolute atomic E-state index is 11.8. The summed E-state index contributed by atoms with van der Waals surface area (Å²) in [6.07, 6.45) is 5.51. The summed E-state index contributed by atoms with van der Waals surface area (Å²) in [6.45, 7) is 5.99. The van der Waals surface area contributed by atoms with E-state index in [1.54, 1.807) is 0 Å². The Balaban J connectivity index is 2.79.